The molecule has 5 nitrogen and oxygen atoms in total. The number of amides is 1. The Kier molecular flexibility index (Phi) is 6.16. The summed E-state index contributed by atoms with van der Waals surface area (Å²) < 4.78 is 22.2. The second-order valence-corrected chi connectivity index (χ2v) is 5.81. The highest BCUT2D eigenvalue weighted by atomic mass is 35.5. The lowest BCUT2D eigenvalue weighted by Gasteiger charge is -2.20. The Morgan fingerprint density at radius 1 is 1.33 bits per heavy atom. The fourth-order valence-electron chi connectivity index (χ4n) is 1.49. The topological polar surface area (TPSA) is 89.3 Å². The molecule has 1 rings (SSSR count). The molecule has 1 aliphatic rings. The number of halogens is 1. The first-order valence-corrected chi connectivity index (χ1v) is 6.55. The van der Waals surface area contributed by atoms with Gasteiger partial charge in [0, 0.05) is 19.0 Å². The summed E-state index contributed by atoms with van der Waals surface area (Å²) in [4.78, 5) is 11.4. The summed E-state index contributed by atoms with van der Waals surface area (Å²) in [5.74, 6) is 0.0527. The summed E-state index contributed by atoms with van der Waals surface area (Å²) in [6.45, 7) is 0.874. The van der Waals surface area contributed by atoms with Crippen molar-refractivity contribution in [1.29, 1.82) is 0 Å². The molecular weight excluding hydrogens is 240 g/mol. The normalized spacial score (nSPS) is 20.3. The Morgan fingerprint density at radius 3 is 2.33 bits per heavy atom. The van der Waals surface area contributed by atoms with Crippen LogP contribution in [0.5, 0.6) is 0 Å². The first-order chi connectivity index (χ1) is 6.55. The second-order valence-electron chi connectivity index (χ2n) is 3.51. The lowest BCUT2D eigenvalue weighted by molar-refractivity contribution is -0.125. The van der Waals surface area contributed by atoms with Gasteiger partial charge in [-0.1, -0.05) is 0 Å². The van der Waals surface area contributed by atoms with E-state index in [1.165, 1.54) is 0 Å². The highest BCUT2D eigenvalue weighted by Gasteiger charge is 2.27. The maximum atomic E-state index is 11.4. The van der Waals surface area contributed by atoms with Crippen LogP contribution in [0, 0.1) is 5.92 Å². The van der Waals surface area contributed by atoms with Crippen molar-refractivity contribution in [3.05, 3.63) is 0 Å². The van der Waals surface area contributed by atoms with Gasteiger partial charge in [0.05, 0.1) is 11.5 Å². The van der Waals surface area contributed by atoms with Crippen LogP contribution < -0.4 is 11.1 Å². The maximum absolute atomic E-state index is 11.4. The van der Waals surface area contributed by atoms with E-state index in [1.807, 2.05) is 0 Å². The number of carbonyl (C=O) groups is 1. The van der Waals surface area contributed by atoms with E-state index < -0.39 is 9.84 Å². The minimum atomic E-state index is -2.87. The van der Waals surface area contributed by atoms with Gasteiger partial charge in [0.15, 0.2) is 0 Å². The summed E-state index contributed by atoms with van der Waals surface area (Å²) in [5, 5.41) is 2.67. The van der Waals surface area contributed by atoms with Gasteiger partial charge in [0.1, 0.15) is 9.84 Å². The molecule has 0 radical (unpaired) electrons. The molecule has 0 aromatic carbocycles. The SMILES string of the molecule is Cl.NCCNC(=O)C1CCS(=O)(=O)CC1. The Balaban J connectivity index is 0.00000196. The van der Waals surface area contributed by atoms with E-state index in [0.29, 0.717) is 25.9 Å². The zero-order valence-corrected chi connectivity index (χ0v) is 10.1. The maximum Gasteiger partial charge on any atom is 0.223 e. The molecule has 0 aliphatic carbocycles. The van der Waals surface area contributed by atoms with Gasteiger partial charge < -0.3 is 11.1 Å². The lowest BCUT2D eigenvalue weighted by atomic mass is 10.0. The predicted octanol–water partition coefficient (Wildman–Crippen LogP) is -0.692. The van der Waals surface area contributed by atoms with Crippen molar-refractivity contribution < 1.29 is 13.2 Å². The van der Waals surface area contributed by atoms with Gasteiger partial charge in [0.25, 0.3) is 0 Å². The number of hydrogen-bond acceptors (Lipinski definition) is 4. The molecule has 0 bridgehead atoms. The van der Waals surface area contributed by atoms with Crippen LogP contribution in [0.4, 0.5) is 0 Å². The molecule has 1 amide bonds. The second kappa shape index (κ2) is 6.30. The summed E-state index contributed by atoms with van der Waals surface area (Å²) in [7, 11) is -2.87. The zero-order chi connectivity index (χ0) is 10.6. The minimum absolute atomic E-state index is 0. The van der Waals surface area contributed by atoms with Gasteiger partial charge in [-0.05, 0) is 12.8 Å². The Morgan fingerprint density at radius 2 is 1.87 bits per heavy atom. The van der Waals surface area contributed by atoms with Gasteiger partial charge >= 0.3 is 0 Å². The molecule has 1 fully saturated rings. The third-order valence-electron chi connectivity index (χ3n) is 2.37. The molecule has 0 unspecified atom stereocenters. The molecule has 90 valence electrons. The van der Waals surface area contributed by atoms with Gasteiger partial charge in [-0.15, -0.1) is 12.4 Å². The van der Waals surface area contributed by atoms with Crippen LogP contribution in [-0.2, 0) is 14.6 Å². The van der Waals surface area contributed by atoms with Crippen molar-refractivity contribution in [1.82, 2.24) is 5.32 Å². The number of carbonyl (C=O) groups excluding carboxylic acids is 1. The summed E-state index contributed by atoms with van der Waals surface area (Å²) >= 11 is 0. The molecule has 0 atom stereocenters. The van der Waals surface area contributed by atoms with Crippen LogP contribution in [-0.4, -0.2) is 38.9 Å². The highest BCUT2D eigenvalue weighted by molar-refractivity contribution is 7.91. The zero-order valence-electron chi connectivity index (χ0n) is 8.44. The molecule has 0 aromatic rings. The average molecular weight is 257 g/mol. The average Bonchev–Trinajstić information content (AvgIpc) is 2.14. The molecule has 1 aliphatic heterocycles. The van der Waals surface area contributed by atoms with Gasteiger partial charge in [-0.25, -0.2) is 8.42 Å². The minimum Gasteiger partial charge on any atom is -0.355 e. The Labute approximate surface area is 96.1 Å². The van der Waals surface area contributed by atoms with Crippen molar-refractivity contribution in [3.8, 4) is 0 Å². The van der Waals surface area contributed by atoms with E-state index in [2.05, 4.69) is 5.32 Å². The van der Waals surface area contributed by atoms with E-state index in [-0.39, 0.29) is 35.7 Å². The van der Waals surface area contributed by atoms with E-state index >= 15 is 0 Å². The molecule has 3 N–H and O–H groups in total. The third kappa shape index (κ3) is 4.81. The van der Waals surface area contributed by atoms with Crippen molar-refractivity contribution >= 4 is 28.2 Å². The summed E-state index contributed by atoms with van der Waals surface area (Å²) in [6, 6.07) is 0. The number of hydrogen-bond donors (Lipinski definition) is 2. The molecule has 1 saturated heterocycles. The van der Waals surface area contributed by atoms with Gasteiger partial charge in [0.2, 0.25) is 5.91 Å². The smallest absolute Gasteiger partial charge is 0.223 e. The van der Waals surface area contributed by atoms with Crippen molar-refractivity contribution in [3.63, 3.8) is 0 Å². The first kappa shape index (κ1) is 14.7. The van der Waals surface area contributed by atoms with Gasteiger partial charge in [-0.2, -0.15) is 0 Å². The van der Waals surface area contributed by atoms with Gasteiger partial charge in [-0.3, -0.25) is 4.79 Å². The molecule has 0 aromatic heterocycles. The quantitative estimate of drug-likeness (QED) is 0.699. The molecule has 7 heteroatoms. The number of sulfone groups is 1. The van der Waals surface area contributed by atoms with Crippen LogP contribution in [0.2, 0.25) is 0 Å². The summed E-state index contributed by atoms with van der Waals surface area (Å²) in [5.41, 5.74) is 5.24. The summed E-state index contributed by atoms with van der Waals surface area (Å²) in [6.07, 6.45) is 0.886. The van der Waals surface area contributed by atoms with Crippen LogP contribution >= 0.6 is 12.4 Å². The number of rotatable bonds is 3. The molecular formula is C8H17ClN2O3S. The standard InChI is InChI=1S/C8H16N2O3S.ClH/c9-3-4-10-8(11)7-1-5-14(12,13)6-2-7;/h7H,1-6,9H2,(H,10,11);1H. The Hall–Kier alpha value is -0.330. The lowest BCUT2D eigenvalue weighted by Crippen LogP contribution is -2.38. The fourth-order valence-corrected chi connectivity index (χ4v) is 2.98. The van der Waals surface area contributed by atoms with E-state index in [9.17, 15) is 13.2 Å². The van der Waals surface area contributed by atoms with E-state index in [4.69, 9.17) is 5.73 Å². The van der Waals surface area contributed by atoms with E-state index in [1.54, 1.807) is 0 Å². The van der Waals surface area contributed by atoms with Crippen molar-refractivity contribution in [2.45, 2.75) is 12.8 Å². The Bertz CT molecular complexity index is 291. The van der Waals surface area contributed by atoms with Crippen LogP contribution in [0.1, 0.15) is 12.8 Å². The third-order valence-corrected chi connectivity index (χ3v) is 4.08. The first-order valence-electron chi connectivity index (χ1n) is 4.73. The van der Waals surface area contributed by atoms with Crippen LogP contribution in [0.15, 0.2) is 0 Å². The van der Waals surface area contributed by atoms with Crippen LogP contribution in [0.3, 0.4) is 0 Å². The molecule has 0 saturated carbocycles. The number of nitrogens with two attached hydrogens (primary N) is 1. The van der Waals surface area contributed by atoms with Crippen LogP contribution in [0.25, 0.3) is 0 Å². The van der Waals surface area contributed by atoms with E-state index in [0.717, 1.165) is 0 Å². The molecule has 1 heterocycles. The largest absolute Gasteiger partial charge is 0.355 e. The molecule has 0 spiro atoms. The molecule has 15 heavy (non-hydrogen) atoms. The fraction of sp³-hybridized carbons (Fsp3) is 0.875. The monoisotopic (exact) mass is 256 g/mol. The van der Waals surface area contributed by atoms with Crippen molar-refractivity contribution in [2.75, 3.05) is 24.6 Å². The number of nitrogens with one attached hydrogen (secondary N) is 1. The van der Waals surface area contributed by atoms with Crippen molar-refractivity contribution in [2.24, 2.45) is 11.7 Å². The predicted molar refractivity (Wildman–Crippen MR) is 60.7 cm³/mol. The highest BCUT2D eigenvalue weighted by Crippen LogP contribution is 2.18.